The standard InChI is InChI=1S/C68H53N5/c1-4-5-7-21-52-43-49-20-18-19-45(2)65(49)72(52)50-37-33-47(34-38-50)66(69-3)71-67(48-35-39-51(40-36-48)73-63-30-9-6-8-25-57(63)58-26-13-17-31-64(58)73)70-44-46-32-41-56-55-24-12-16-29-61(55)68(62(56)42-46)59-27-14-10-22-53(59)54-23-11-15-28-60(54)68/h4-5,7-18,20-43,45H,3,6,19,44H2,1-2H3/b5-4-,21-7-,70-67-,71-66-. The number of benzene rings is 7. The summed E-state index contributed by atoms with van der Waals surface area (Å²) >= 11 is 0. The van der Waals surface area contributed by atoms with Crippen LogP contribution in [0.15, 0.2) is 221 Å². The van der Waals surface area contributed by atoms with Crippen LogP contribution in [0.4, 0.5) is 0 Å². The molecule has 4 aliphatic carbocycles. The number of amidine groups is 2. The van der Waals surface area contributed by atoms with E-state index in [-0.39, 0.29) is 0 Å². The second-order valence-corrected chi connectivity index (χ2v) is 19.5. The fourth-order valence-corrected chi connectivity index (χ4v) is 12.1. The van der Waals surface area contributed by atoms with Crippen LogP contribution in [0.5, 0.6) is 0 Å². The van der Waals surface area contributed by atoms with Gasteiger partial charge in [0.25, 0.3) is 0 Å². The number of allylic oxidation sites excluding steroid dienone is 6. The Balaban J connectivity index is 0.924. The second-order valence-electron chi connectivity index (χ2n) is 19.5. The van der Waals surface area contributed by atoms with E-state index in [2.05, 4.69) is 258 Å². The Bertz CT molecular complexity index is 3850. The minimum Gasteiger partial charge on any atom is -0.313 e. The number of aliphatic imine (C=N–C) groups is 3. The lowest BCUT2D eigenvalue weighted by molar-refractivity contribution is 0.716. The van der Waals surface area contributed by atoms with Crippen molar-refractivity contribution >= 4 is 53.6 Å². The molecule has 0 radical (unpaired) electrons. The molecule has 0 N–H and O–H groups in total. The van der Waals surface area contributed by atoms with Crippen molar-refractivity contribution in [2.45, 2.75) is 44.6 Å². The molecule has 0 amide bonds. The number of hydrogen-bond acceptors (Lipinski definition) is 1. The summed E-state index contributed by atoms with van der Waals surface area (Å²) in [4.78, 5) is 15.4. The molecule has 0 saturated heterocycles. The van der Waals surface area contributed by atoms with Gasteiger partial charge >= 0.3 is 0 Å². The number of para-hydroxylation sites is 1. The van der Waals surface area contributed by atoms with Crippen LogP contribution in [0.3, 0.4) is 0 Å². The summed E-state index contributed by atoms with van der Waals surface area (Å²) in [5.41, 5.74) is 22.3. The molecule has 5 nitrogen and oxygen atoms in total. The second kappa shape index (κ2) is 18.0. The van der Waals surface area contributed by atoms with E-state index >= 15 is 0 Å². The molecule has 5 heteroatoms. The van der Waals surface area contributed by atoms with Crippen molar-refractivity contribution in [3.63, 3.8) is 0 Å². The van der Waals surface area contributed by atoms with Crippen molar-refractivity contribution in [2.24, 2.45) is 15.0 Å². The van der Waals surface area contributed by atoms with Gasteiger partial charge in [0.2, 0.25) is 0 Å². The van der Waals surface area contributed by atoms with E-state index in [1.54, 1.807) is 0 Å². The third-order valence-electron chi connectivity index (χ3n) is 15.3. The van der Waals surface area contributed by atoms with Crippen molar-refractivity contribution in [2.75, 3.05) is 0 Å². The highest BCUT2D eigenvalue weighted by molar-refractivity contribution is 6.13. The quantitative estimate of drug-likeness (QED) is 0.0828. The highest BCUT2D eigenvalue weighted by atomic mass is 15.0. The molecule has 0 fully saturated rings. The van der Waals surface area contributed by atoms with Gasteiger partial charge in [0.15, 0.2) is 11.7 Å². The number of rotatable bonds is 8. The third kappa shape index (κ3) is 7.10. The zero-order valence-electron chi connectivity index (χ0n) is 41.1. The molecule has 1 atom stereocenters. The minimum atomic E-state index is -0.439. The molecule has 2 aromatic heterocycles. The molecule has 0 aliphatic heterocycles. The largest absolute Gasteiger partial charge is 0.313 e. The monoisotopic (exact) mass is 939 g/mol. The van der Waals surface area contributed by atoms with E-state index < -0.39 is 5.41 Å². The lowest BCUT2D eigenvalue weighted by atomic mass is 9.70. The van der Waals surface area contributed by atoms with Gasteiger partial charge in [-0.3, -0.25) is 4.99 Å². The fourth-order valence-electron chi connectivity index (χ4n) is 12.1. The fraction of sp³-hybridized carbons (Fsp3) is 0.103. The van der Waals surface area contributed by atoms with E-state index in [0.717, 1.165) is 46.6 Å². The van der Waals surface area contributed by atoms with Gasteiger partial charge in [-0.1, -0.05) is 165 Å². The highest BCUT2D eigenvalue weighted by Crippen LogP contribution is 2.62. The van der Waals surface area contributed by atoms with Crippen molar-refractivity contribution in [1.29, 1.82) is 0 Å². The van der Waals surface area contributed by atoms with Crippen LogP contribution < -0.4 is 0 Å². The summed E-state index contributed by atoms with van der Waals surface area (Å²) < 4.78 is 4.75. The average Bonchev–Trinajstić information content (AvgIpc) is 4.10. The van der Waals surface area contributed by atoms with Gasteiger partial charge in [-0.2, -0.15) is 0 Å². The van der Waals surface area contributed by atoms with Gasteiger partial charge in [0.05, 0.1) is 23.2 Å². The Morgan fingerprint density at radius 2 is 1.23 bits per heavy atom. The number of aromatic nitrogens is 2. The van der Waals surface area contributed by atoms with Gasteiger partial charge in [-0.05, 0) is 155 Å². The van der Waals surface area contributed by atoms with Crippen molar-refractivity contribution in [3.05, 3.63) is 273 Å². The summed E-state index contributed by atoms with van der Waals surface area (Å²) in [7, 11) is 0. The van der Waals surface area contributed by atoms with E-state index in [0.29, 0.717) is 24.1 Å². The first-order valence-electron chi connectivity index (χ1n) is 25.5. The van der Waals surface area contributed by atoms with E-state index in [1.807, 2.05) is 6.92 Å². The van der Waals surface area contributed by atoms with Crippen molar-refractivity contribution in [3.8, 4) is 33.6 Å². The van der Waals surface area contributed by atoms with Gasteiger partial charge in [-0.15, -0.1) is 0 Å². The van der Waals surface area contributed by atoms with Crippen molar-refractivity contribution < 1.29 is 0 Å². The lowest BCUT2D eigenvalue weighted by Crippen LogP contribution is -2.25. The first kappa shape index (κ1) is 44.0. The van der Waals surface area contributed by atoms with Crippen LogP contribution in [0, 0.1) is 0 Å². The van der Waals surface area contributed by atoms with Crippen LogP contribution in [-0.4, -0.2) is 27.5 Å². The molecule has 1 unspecified atom stereocenters. The molecule has 13 rings (SSSR count). The highest BCUT2D eigenvalue weighted by Gasteiger charge is 2.51. The maximum absolute atomic E-state index is 5.43. The number of fused-ring (bicyclic) bond motifs is 14. The summed E-state index contributed by atoms with van der Waals surface area (Å²) in [6.07, 6.45) is 23.8. The lowest BCUT2D eigenvalue weighted by Gasteiger charge is -2.30. The normalized spacial score (nSPS) is 15.9. The maximum Gasteiger partial charge on any atom is 0.161 e. The molecule has 4 aliphatic rings. The number of nitrogens with zero attached hydrogens (tertiary/aromatic N) is 5. The van der Waals surface area contributed by atoms with Gasteiger partial charge in [0, 0.05) is 50.8 Å². The summed E-state index contributed by atoms with van der Waals surface area (Å²) in [5.74, 6) is 1.48. The molecule has 73 heavy (non-hydrogen) atoms. The molecule has 350 valence electrons. The molecule has 0 bridgehead atoms. The first-order valence-corrected chi connectivity index (χ1v) is 25.5. The van der Waals surface area contributed by atoms with Crippen molar-refractivity contribution in [1.82, 2.24) is 9.13 Å². The van der Waals surface area contributed by atoms with Crippen LogP contribution in [-0.2, 0) is 12.0 Å². The van der Waals surface area contributed by atoms with E-state index in [1.165, 1.54) is 77.9 Å². The van der Waals surface area contributed by atoms with Gasteiger partial charge in [-0.25, -0.2) is 9.98 Å². The molecular weight excluding hydrogens is 887 g/mol. The molecule has 1 spiro atoms. The maximum atomic E-state index is 5.43. The average molecular weight is 940 g/mol. The molecule has 2 heterocycles. The zero-order valence-corrected chi connectivity index (χ0v) is 41.1. The molecule has 7 aromatic carbocycles. The first-order chi connectivity index (χ1) is 36.0. The van der Waals surface area contributed by atoms with Crippen LogP contribution in [0.25, 0.3) is 68.8 Å². The zero-order chi connectivity index (χ0) is 49.0. The summed E-state index contributed by atoms with van der Waals surface area (Å²) in [5, 5.41) is 1.23. The predicted octanol–water partition coefficient (Wildman–Crippen LogP) is 16.4. The smallest absolute Gasteiger partial charge is 0.161 e. The predicted molar refractivity (Wildman–Crippen MR) is 307 cm³/mol. The van der Waals surface area contributed by atoms with E-state index in [4.69, 9.17) is 9.98 Å². The summed E-state index contributed by atoms with van der Waals surface area (Å²) in [6, 6.07) is 62.0. The van der Waals surface area contributed by atoms with E-state index in [9.17, 15) is 0 Å². The Hall–Kier alpha value is -8.93. The SMILES string of the molecule is C=N/C(=N\C(=N/Cc1ccc2c(c1)C1(c3ccccc3-c3ccccc31)c1ccccc1-2)c1ccc(-n2c3c(c4ccccc42)C=CCC=C3)cc1)c1ccc(-n2c(/C=C\C=C/C)cc3c2C(C)CC=C3)cc1. The van der Waals surface area contributed by atoms with Crippen LogP contribution in [0.1, 0.15) is 99.8 Å². The summed E-state index contributed by atoms with van der Waals surface area (Å²) in [6.45, 7) is 8.84. The number of hydrogen-bond donors (Lipinski definition) is 0. The molecular formula is C68H53N5. The Morgan fingerprint density at radius 3 is 1.92 bits per heavy atom. The van der Waals surface area contributed by atoms with Crippen LogP contribution >= 0.6 is 0 Å². The molecule has 0 saturated carbocycles. The Kier molecular flexibility index (Phi) is 10.9. The van der Waals surface area contributed by atoms with Crippen LogP contribution in [0.2, 0.25) is 0 Å². The van der Waals surface area contributed by atoms with Gasteiger partial charge < -0.3 is 9.13 Å². The topological polar surface area (TPSA) is 46.9 Å². The minimum absolute atomic E-state index is 0.386. The Labute approximate surface area is 427 Å². The van der Waals surface area contributed by atoms with Gasteiger partial charge in [0.1, 0.15) is 0 Å². The Morgan fingerprint density at radius 1 is 0.616 bits per heavy atom. The third-order valence-corrected chi connectivity index (χ3v) is 15.3. The molecule has 9 aromatic rings.